The lowest BCUT2D eigenvalue weighted by Gasteiger charge is -2.20. The Morgan fingerprint density at radius 2 is 1.17 bits per heavy atom. The van der Waals surface area contributed by atoms with Crippen molar-refractivity contribution in [2.45, 2.75) is 19.1 Å². The Labute approximate surface area is 170 Å². The molecule has 0 saturated heterocycles. The van der Waals surface area contributed by atoms with Crippen molar-refractivity contribution in [3.8, 4) is 11.5 Å². The van der Waals surface area contributed by atoms with E-state index in [0.29, 0.717) is 11.5 Å². The first-order chi connectivity index (χ1) is 14.0. The molecule has 0 aromatic heterocycles. The summed E-state index contributed by atoms with van der Waals surface area (Å²) in [5.74, 6) is 1.38. The van der Waals surface area contributed by atoms with Gasteiger partial charge in [0.2, 0.25) is 0 Å². The van der Waals surface area contributed by atoms with E-state index in [9.17, 15) is 10.2 Å². The highest BCUT2D eigenvalue weighted by Gasteiger charge is 2.18. The minimum Gasteiger partial charge on any atom is -0.489 e. The normalized spacial score (nSPS) is 13.6. The zero-order chi connectivity index (χ0) is 20.8. The molecule has 0 amide bonds. The van der Waals surface area contributed by atoms with E-state index in [1.165, 1.54) is 0 Å². The number of benzene rings is 3. The zero-order valence-electron chi connectivity index (χ0n) is 17.1. The second kappa shape index (κ2) is 9.89. The number of methoxy groups -OCH3 is 2. The van der Waals surface area contributed by atoms with E-state index in [1.807, 2.05) is 49.4 Å². The van der Waals surface area contributed by atoms with Crippen LogP contribution in [0.1, 0.15) is 5.56 Å². The van der Waals surface area contributed by atoms with Gasteiger partial charge in [0.05, 0.1) is 13.2 Å². The van der Waals surface area contributed by atoms with Gasteiger partial charge in [-0.05, 0) is 13.0 Å². The van der Waals surface area contributed by atoms with Crippen LogP contribution >= 0.6 is 0 Å². The quantitative estimate of drug-likeness (QED) is 0.510. The van der Waals surface area contributed by atoms with Crippen LogP contribution in [0.2, 0.25) is 0 Å². The molecule has 0 spiro atoms. The van der Waals surface area contributed by atoms with E-state index >= 15 is 0 Å². The molecular weight excluding hydrogens is 372 g/mol. The molecule has 2 atom stereocenters. The molecule has 2 N–H and O–H groups in total. The SMILES string of the molecule is COCC(O)COc1c2ccccc2c(OCC(O)COC)c2cc(C)ccc12. The molecule has 0 aliphatic heterocycles. The van der Waals surface area contributed by atoms with Crippen molar-refractivity contribution in [1.82, 2.24) is 0 Å². The van der Waals surface area contributed by atoms with Gasteiger partial charge in [-0.25, -0.2) is 0 Å². The topological polar surface area (TPSA) is 77.4 Å². The Morgan fingerprint density at radius 1 is 0.690 bits per heavy atom. The molecule has 3 rings (SSSR count). The maximum Gasteiger partial charge on any atom is 0.135 e. The molecule has 0 aliphatic rings. The van der Waals surface area contributed by atoms with Crippen molar-refractivity contribution in [2.24, 2.45) is 0 Å². The van der Waals surface area contributed by atoms with Crippen LogP contribution in [-0.4, -0.2) is 63.1 Å². The highest BCUT2D eigenvalue weighted by Crippen LogP contribution is 2.43. The molecule has 6 heteroatoms. The summed E-state index contributed by atoms with van der Waals surface area (Å²) in [6.07, 6.45) is -1.45. The van der Waals surface area contributed by atoms with Gasteiger partial charge in [0.25, 0.3) is 0 Å². The molecule has 3 aromatic rings. The third kappa shape index (κ3) is 4.97. The molecule has 2 unspecified atom stereocenters. The molecule has 6 nitrogen and oxygen atoms in total. The van der Waals surface area contributed by atoms with E-state index in [-0.39, 0.29) is 26.4 Å². The average molecular weight is 400 g/mol. The Hall–Kier alpha value is -2.38. The predicted octanol–water partition coefficient (Wildman–Crippen LogP) is 3.07. The molecule has 0 aliphatic carbocycles. The zero-order valence-corrected chi connectivity index (χ0v) is 17.1. The van der Waals surface area contributed by atoms with Gasteiger partial charge < -0.3 is 29.2 Å². The summed E-state index contributed by atoms with van der Waals surface area (Å²) < 4.78 is 22.1. The number of aryl methyl sites for hydroxylation is 1. The van der Waals surface area contributed by atoms with Crippen LogP contribution in [0.5, 0.6) is 11.5 Å². The second-order valence-corrected chi connectivity index (χ2v) is 7.09. The summed E-state index contributed by atoms with van der Waals surface area (Å²) in [5, 5.41) is 23.6. The standard InChI is InChI=1S/C23H28O6/c1-15-8-9-20-21(10-15)23(29-14-17(25)12-27-3)19-7-5-4-6-18(19)22(20)28-13-16(24)11-26-2/h4-10,16-17,24-25H,11-14H2,1-3H3. The van der Waals surface area contributed by atoms with Crippen LogP contribution in [0, 0.1) is 6.92 Å². The van der Waals surface area contributed by atoms with E-state index in [0.717, 1.165) is 27.1 Å². The monoisotopic (exact) mass is 400 g/mol. The lowest BCUT2D eigenvalue weighted by atomic mass is 9.99. The maximum atomic E-state index is 10.0. The van der Waals surface area contributed by atoms with Gasteiger partial charge in [-0.3, -0.25) is 0 Å². The van der Waals surface area contributed by atoms with Crippen LogP contribution in [0.25, 0.3) is 21.5 Å². The van der Waals surface area contributed by atoms with Crippen LogP contribution in [-0.2, 0) is 9.47 Å². The Kier molecular flexibility index (Phi) is 7.28. The molecule has 156 valence electrons. The minimum absolute atomic E-state index is 0.119. The molecule has 0 heterocycles. The number of fused-ring (bicyclic) bond motifs is 2. The van der Waals surface area contributed by atoms with Crippen LogP contribution in [0.15, 0.2) is 42.5 Å². The third-order valence-electron chi connectivity index (χ3n) is 4.64. The lowest BCUT2D eigenvalue weighted by Crippen LogP contribution is -2.23. The van der Waals surface area contributed by atoms with Gasteiger partial charge in [-0.2, -0.15) is 0 Å². The second-order valence-electron chi connectivity index (χ2n) is 7.09. The lowest BCUT2D eigenvalue weighted by molar-refractivity contribution is 0.0327. The number of hydrogen-bond donors (Lipinski definition) is 2. The first-order valence-corrected chi connectivity index (χ1v) is 9.59. The van der Waals surface area contributed by atoms with Crippen LogP contribution in [0.4, 0.5) is 0 Å². The summed E-state index contributed by atoms with van der Waals surface area (Å²) in [5.41, 5.74) is 1.08. The fraction of sp³-hybridized carbons (Fsp3) is 0.391. The van der Waals surface area contributed by atoms with Crippen molar-refractivity contribution < 1.29 is 29.2 Å². The van der Waals surface area contributed by atoms with Crippen molar-refractivity contribution in [3.63, 3.8) is 0 Å². The van der Waals surface area contributed by atoms with Gasteiger partial charge >= 0.3 is 0 Å². The van der Waals surface area contributed by atoms with Crippen molar-refractivity contribution in [1.29, 1.82) is 0 Å². The number of rotatable bonds is 10. The highest BCUT2D eigenvalue weighted by molar-refractivity contribution is 6.11. The molecule has 0 fully saturated rings. The number of hydrogen-bond acceptors (Lipinski definition) is 6. The molecule has 0 bridgehead atoms. The van der Waals surface area contributed by atoms with Crippen molar-refractivity contribution in [3.05, 3.63) is 48.0 Å². The first-order valence-electron chi connectivity index (χ1n) is 9.59. The number of ether oxygens (including phenoxy) is 4. The Morgan fingerprint density at radius 3 is 1.69 bits per heavy atom. The molecule has 3 aromatic carbocycles. The van der Waals surface area contributed by atoms with Crippen molar-refractivity contribution >= 4 is 21.5 Å². The van der Waals surface area contributed by atoms with Gasteiger partial charge in [-0.15, -0.1) is 0 Å². The Bertz CT molecular complexity index is 955. The van der Waals surface area contributed by atoms with E-state index in [1.54, 1.807) is 14.2 Å². The smallest absolute Gasteiger partial charge is 0.135 e. The van der Waals surface area contributed by atoms with Gasteiger partial charge in [-0.1, -0.05) is 42.0 Å². The molecule has 29 heavy (non-hydrogen) atoms. The number of aliphatic hydroxyl groups is 2. The van der Waals surface area contributed by atoms with Crippen LogP contribution in [0.3, 0.4) is 0 Å². The van der Waals surface area contributed by atoms with Crippen molar-refractivity contribution in [2.75, 3.05) is 40.6 Å². The summed E-state index contributed by atoms with van der Waals surface area (Å²) in [6, 6.07) is 13.8. The van der Waals surface area contributed by atoms with Gasteiger partial charge in [0.15, 0.2) is 0 Å². The summed E-state index contributed by atoms with van der Waals surface area (Å²) in [4.78, 5) is 0. The first kappa shape index (κ1) is 21.3. The molecular formula is C23H28O6. The molecule has 0 saturated carbocycles. The largest absolute Gasteiger partial charge is 0.489 e. The fourth-order valence-electron chi connectivity index (χ4n) is 3.36. The van der Waals surface area contributed by atoms with Gasteiger partial charge in [0.1, 0.15) is 36.9 Å². The Balaban J connectivity index is 2.10. The van der Waals surface area contributed by atoms with E-state index < -0.39 is 12.2 Å². The average Bonchev–Trinajstić information content (AvgIpc) is 2.71. The fourth-order valence-corrected chi connectivity index (χ4v) is 3.36. The minimum atomic E-state index is -0.723. The summed E-state index contributed by atoms with van der Waals surface area (Å²) in [7, 11) is 3.09. The summed E-state index contributed by atoms with van der Waals surface area (Å²) >= 11 is 0. The van der Waals surface area contributed by atoms with E-state index in [4.69, 9.17) is 18.9 Å². The van der Waals surface area contributed by atoms with Crippen LogP contribution < -0.4 is 9.47 Å². The van der Waals surface area contributed by atoms with Gasteiger partial charge in [0, 0.05) is 35.8 Å². The van der Waals surface area contributed by atoms with E-state index in [2.05, 4.69) is 0 Å². The third-order valence-corrected chi connectivity index (χ3v) is 4.64. The highest BCUT2D eigenvalue weighted by atomic mass is 16.5. The number of aliphatic hydroxyl groups excluding tert-OH is 2. The molecule has 0 radical (unpaired) electrons. The summed E-state index contributed by atoms with van der Waals surface area (Å²) in [6.45, 7) is 2.66. The predicted molar refractivity (Wildman–Crippen MR) is 113 cm³/mol. The maximum absolute atomic E-state index is 10.0.